The van der Waals surface area contributed by atoms with E-state index in [1.807, 2.05) is 0 Å². The summed E-state index contributed by atoms with van der Waals surface area (Å²) < 4.78 is 0. The van der Waals surface area contributed by atoms with Gasteiger partial charge in [0.2, 0.25) is 11.8 Å². The molecule has 106 valence electrons. The second-order valence-corrected chi connectivity index (χ2v) is 4.76. The Bertz CT molecular complexity index is 268. The van der Waals surface area contributed by atoms with Crippen molar-refractivity contribution < 1.29 is 9.59 Å². The third kappa shape index (κ3) is 6.21. The molecule has 1 rings (SSSR count). The van der Waals surface area contributed by atoms with Crippen LogP contribution < -0.4 is 11.1 Å². The van der Waals surface area contributed by atoms with Crippen molar-refractivity contribution in [3.8, 4) is 0 Å². The summed E-state index contributed by atoms with van der Waals surface area (Å²) in [4.78, 5) is 24.3. The summed E-state index contributed by atoms with van der Waals surface area (Å²) in [6, 6.07) is 0. The van der Waals surface area contributed by atoms with Gasteiger partial charge in [0.05, 0.1) is 13.1 Å². The van der Waals surface area contributed by atoms with Crippen molar-refractivity contribution in [3.05, 3.63) is 0 Å². The van der Waals surface area contributed by atoms with Crippen LogP contribution in [0.5, 0.6) is 0 Å². The molecule has 0 heterocycles. The van der Waals surface area contributed by atoms with Crippen molar-refractivity contribution in [1.82, 2.24) is 10.2 Å². The van der Waals surface area contributed by atoms with Crippen molar-refractivity contribution in [3.63, 3.8) is 0 Å². The SMILES string of the molecule is CN(CC1CCCCC1)C(=O)CNC(=O)CN.Cl. The Morgan fingerprint density at radius 1 is 1.28 bits per heavy atom. The number of rotatable bonds is 5. The van der Waals surface area contributed by atoms with Crippen molar-refractivity contribution in [2.45, 2.75) is 32.1 Å². The zero-order chi connectivity index (χ0) is 12.7. The van der Waals surface area contributed by atoms with E-state index >= 15 is 0 Å². The maximum atomic E-state index is 11.7. The molecule has 1 saturated carbocycles. The number of amides is 2. The summed E-state index contributed by atoms with van der Waals surface area (Å²) in [5, 5.41) is 2.50. The molecule has 0 aliphatic heterocycles. The Labute approximate surface area is 115 Å². The van der Waals surface area contributed by atoms with Gasteiger partial charge >= 0.3 is 0 Å². The lowest BCUT2D eigenvalue weighted by Gasteiger charge is -2.27. The lowest BCUT2D eigenvalue weighted by molar-refractivity contribution is -0.132. The third-order valence-electron chi connectivity index (χ3n) is 3.30. The van der Waals surface area contributed by atoms with Gasteiger partial charge in [-0.3, -0.25) is 9.59 Å². The van der Waals surface area contributed by atoms with Gasteiger partial charge in [-0.1, -0.05) is 19.3 Å². The molecular weight excluding hydrogens is 254 g/mol. The average Bonchev–Trinajstić information content (AvgIpc) is 2.36. The van der Waals surface area contributed by atoms with Crippen molar-refractivity contribution in [2.24, 2.45) is 11.7 Å². The van der Waals surface area contributed by atoms with Crippen LogP contribution in [0.3, 0.4) is 0 Å². The number of nitrogens with zero attached hydrogens (tertiary/aromatic N) is 1. The number of carbonyl (C=O) groups is 2. The summed E-state index contributed by atoms with van der Waals surface area (Å²) in [6.45, 7) is 0.788. The van der Waals surface area contributed by atoms with Gasteiger partial charge in [0.1, 0.15) is 0 Å². The number of hydrogen-bond acceptors (Lipinski definition) is 3. The van der Waals surface area contributed by atoms with E-state index in [1.165, 1.54) is 32.1 Å². The molecule has 0 saturated heterocycles. The zero-order valence-electron chi connectivity index (χ0n) is 11.0. The fourth-order valence-electron chi connectivity index (χ4n) is 2.24. The first-order valence-electron chi connectivity index (χ1n) is 6.34. The first kappa shape index (κ1) is 17.2. The van der Waals surface area contributed by atoms with Gasteiger partial charge in [0.15, 0.2) is 0 Å². The summed E-state index contributed by atoms with van der Waals surface area (Å²) in [5.41, 5.74) is 5.15. The Morgan fingerprint density at radius 3 is 2.44 bits per heavy atom. The lowest BCUT2D eigenvalue weighted by Crippen LogP contribution is -2.42. The molecule has 3 N–H and O–H groups in total. The minimum absolute atomic E-state index is 0. The van der Waals surface area contributed by atoms with Gasteiger partial charge in [-0.05, 0) is 18.8 Å². The molecule has 0 unspecified atom stereocenters. The van der Waals surface area contributed by atoms with Crippen molar-refractivity contribution in [2.75, 3.05) is 26.7 Å². The van der Waals surface area contributed by atoms with E-state index in [4.69, 9.17) is 5.73 Å². The molecular formula is C12H24ClN3O2. The fraction of sp³-hybridized carbons (Fsp3) is 0.833. The molecule has 0 atom stereocenters. The highest BCUT2D eigenvalue weighted by Gasteiger charge is 2.18. The van der Waals surface area contributed by atoms with E-state index in [0.29, 0.717) is 5.92 Å². The number of halogens is 1. The quantitative estimate of drug-likeness (QED) is 0.769. The zero-order valence-corrected chi connectivity index (χ0v) is 11.8. The predicted molar refractivity (Wildman–Crippen MR) is 73.5 cm³/mol. The third-order valence-corrected chi connectivity index (χ3v) is 3.30. The molecule has 0 aromatic carbocycles. The van der Waals surface area contributed by atoms with Gasteiger partial charge in [-0.25, -0.2) is 0 Å². The molecule has 1 aliphatic carbocycles. The summed E-state index contributed by atoms with van der Waals surface area (Å²) in [7, 11) is 1.80. The van der Waals surface area contributed by atoms with E-state index in [0.717, 1.165) is 6.54 Å². The first-order valence-corrected chi connectivity index (χ1v) is 6.34. The molecule has 0 aromatic heterocycles. The van der Waals surface area contributed by atoms with Crippen molar-refractivity contribution in [1.29, 1.82) is 0 Å². The number of nitrogens with two attached hydrogens (primary N) is 1. The van der Waals surface area contributed by atoms with Crippen molar-refractivity contribution >= 4 is 24.2 Å². The Balaban J connectivity index is 0.00000289. The van der Waals surface area contributed by atoms with E-state index in [-0.39, 0.29) is 37.3 Å². The van der Waals surface area contributed by atoms with Crippen LogP contribution in [0.15, 0.2) is 0 Å². The molecule has 2 amide bonds. The van der Waals surface area contributed by atoms with E-state index in [1.54, 1.807) is 11.9 Å². The number of likely N-dealkylation sites (N-methyl/N-ethyl adjacent to an activating group) is 1. The molecule has 0 aromatic rings. The van der Waals surface area contributed by atoms with Crippen LogP contribution in [0, 0.1) is 5.92 Å². The van der Waals surface area contributed by atoms with E-state index in [9.17, 15) is 9.59 Å². The molecule has 18 heavy (non-hydrogen) atoms. The number of carbonyl (C=O) groups excluding carboxylic acids is 2. The van der Waals surface area contributed by atoms with Gasteiger partial charge in [-0.2, -0.15) is 0 Å². The maximum absolute atomic E-state index is 11.7. The molecule has 0 bridgehead atoms. The second-order valence-electron chi connectivity index (χ2n) is 4.76. The molecule has 1 aliphatic rings. The molecule has 1 fully saturated rings. The minimum Gasteiger partial charge on any atom is -0.346 e. The van der Waals surface area contributed by atoms with Crippen LogP contribution in [0.1, 0.15) is 32.1 Å². The summed E-state index contributed by atoms with van der Waals surface area (Å²) >= 11 is 0. The molecule has 5 nitrogen and oxygen atoms in total. The fourth-order valence-corrected chi connectivity index (χ4v) is 2.24. The highest BCUT2D eigenvalue weighted by atomic mass is 35.5. The normalized spacial score (nSPS) is 15.7. The Morgan fingerprint density at radius 2 is 1.89 bits per heavy atom. The van der Waals surface area contributed by atoms with Crippen LogP contribution >= 0.6 is 12.4 Å². The monoisotopic (exact) mass is 277 g/mol. The topological polar surface area (TPSA) is 75.4 Å². The highest BCUT2D eigenvalue weighted by molar-refractivity contribution is 5.85. The molecule has 0 spiro atoms. The van der Waals surface area contributed by atoms with Gasteiger partial charge in [0, 0.05) is 13.6 Å². The second kappa shape index (κ2) is 9.16. The maximum Gasteiger partial charge on any atom is 0.241 e. The van der Waals surface area contributed by atoms with Crippen LogP contribution in [0.25, 0.3) is 0 Å². The Hall–Kier alpha value is -0.810. The summed E-state index contributed by atoms with van der Waals surface area (Å²) in [6.07, 6.45) is 6.30. The largest absolute Gasteiger partial charge is 0.346 e. The van der Waals surface area contributed by atoms with Crippen LogP contribution in [0.2, 0.25) is 0 Å². The first-order chi connectivity index (χ1) is 8.13. The van der Waals surface area contributed by atoms with E-state index < -0.39 is 0 Å². The predicted octanol–water partition coefficient (Wildman–Crippen LogP) is 0.522. The molecule has 0 radical (unpaired) electrons. The molecule has 6 heteroatoms. The van der Waals surface area contributed by atoms with Gasteiger partial charge < -0.3 is 16.0 Å². The van der Waals surface area contributed by atoms with Gasteiger partial charge in [-0.15, -0.1) is 12.4 Å². The standard InChI is InChI=1S/C12H23N3O2.ClH/c1-15(9-10-5-3-2-4-6-10)12(17)8-14-11(16)7-13;/h10H,2-9,13H2,1H3,(H,14,16);1H. The minimum atomic E-state index is -0.288. The number of hydrogen-bond donors (Lipinski definition) is 2. The van der Waals surface area contributed by atoms with Gasteiger partial charge in [0.25, 0.3) is 0 Å². The Kier molecular flexibility index (Phi) is 8.75. The summed E-state index contributed by atoms with van der Waals surface area (Å²) in [5.74, 6) is 0.296. The number of nitrogens with one attached hydrogen (secondary N) is 1. The highest BCUT2D eigenvalue weighted by Crippen LogP contribution is 2.23. The average molecular weight is 278 g/mol. The van der Waals surface area contributed by atoms with Crippen LogP contribution in [-0.4, -0.2) is 43.4 Å². The van der Waals surface area contributed by atoms with E-state index in [2.05, 4.69) is 5.32 Å². The van der Waals surface area contributed by atoms with Crippen LogP contribution in [-0.2, 0) is 9.59 Å². The van der Waals surface area contributed by atoms with Crippen LogP contribution in [0.4, 0.5) is 0 Å². The lowest BCUT2D eigenvalue weighted by atomic mass is 9.89. The smallest absolute Gasteiger partial charge is 0.241 e.